The fraction of sp³-hybridized carbons (Fsp3) is 0.375. The Morgan fingerprint density at radius 1 is 1.34 bits per heavy atom. The van der Waals surface area contributed by atoms with E-state index in [2.05, 4.69) is 25.8 Å². The minimum Gasteiger partial charge on any atom is -0.483 e. The van der Waals surface area contributed by atoms with E-state index < -0.39 is 6.04 Å². The number of carbonyl (C=O) groups is 2. The standard InChI is InChI=1S/C24H28ClN7O3/c1-6-31-12-15-10-14(4)20(19(21(15)30-31)24(34)27-13(2)3)28-23(33)17-11-18(35-5)29-32(17)22-16(25)8-7-9-26-22/h7-10,12-13,17H,6,11H2,1-5H3,(H,27,34)(H,28,33). The summed E-state index contributed by atoms with van der Waals surface area (Å²) in [6.07, 6.45) is 3.68. The molecule has 2 amide bonds. The van der Waals surface area contributed by atoms with Gasteiger partial charge in [0.05, 0.1) is 29.8 Å². The molecule has 0 saturated carbocycles. The molecule has 0 aliphatic carbocycles. The average Bonchev–Trinajstić information content (AvgIpc) is 3.43. The van der Waals surface area contributed by atoms with Gasteiger partial charge in [-0.25, -0.2) is 9.99 Å². The van der Waals surface area contributed by atoms with Crippen molar-refractivity contribution in [3.63, 3.8) is 0 Å². The number of hydrogen-bond donors (Lipinski definition) is 2. The summed E-state index contributed by atoms with van der Waals surface area (Å²) < 4.78 is 7.08. The lowest BCUT2D eigenvalue weighted by molar-refractivity contribution is -0.117. The minimum atomic E-state index is -0.776. The molecule has 184 valence electrons. The third-order valence-corrected chi connectivity index (χ3v) is 5.93. The third kappa shape index (κ3) is 4.79. The number of halogens is 1. The maximum absolute atomic E-state index is 13.6. The Kier molecular flexibility index (Phi) is 6.93. The number of carbonyl (C=O) groups excluding carboxylic acids is 2. The van der Waals surface area contributed by atoms with Gasteiger partial charge in [-0.05, 0) is 51.5 Å². The summed E-state index contributed by atoms with van der Waals surface area (Å²) in [6.45, 7) is 8.23. The van der Waals surface area contributed by atoms with Crippen LogP contribution in [0.15, 0.2) is 35.7 Å². The highest BCUT2D eigenvalue weighted by Gasteiger charge is 2.37. The highest BCUT2D eigenvalue weighted by molar-refractivity contribution is 6.33. The topological polar surface area (TPSA) is 114 Å². The first-order valence-electron chi connectivity index (χ1n) is 11.4. The van der Waals surface area contributed by atoms with E-state index >= 15 is 0 Å². The number of rotatable bonds is 6. The van der Waals surface area contributed by atoms with Gasteiger partial charge >= 0.3 is 0 Å². The molecule has 0 spiro atoms. The number of nitrogens with zero attached hydrogens (tertiary/aromatic N) is 5. The second-order valence-electron chi connectivity index (χ2n) is 8.55. The predicted octanol–water partition coefficient (Wildman–Crippen LogP) is 3.73. The molecule has 4 rings (SSSR count). The summed E-state index contributed by atoms with van der Waals surface area (Å²) in [5.41, 5.74) is 1.99. The smallest absolute Gasteiger partial charge is 0.255 e. The zero-order valence-electron chi connectivity index (χ0n) is 20.3. The highest BCUT2D eigenvalue weighted by atomic mass is 35.5. The van der Waals surface area contributed by atoms with Crippen LogP contribution < -0.4 is 15.6 Å². The number of benzene rings is 1. The molecule has 11 heteroatoms. The Labute approximate surface area is 208 Å². The van der Waals surface area contributed by atoms with Crippen molar-refractivity contribution in [3.8, 4) is 0 Å². The van der Waals surface area contributed by atoms with Crippen LogP contribution in [0, 0.1) is 6.92 Å². The molecular weight excluding hydrogens is 470 g/mol. The van der Waals surface area contributed by atoms with Crippen molar-refractivity contribution in [1.82, 2.24) is 20.1 Å². The number of hydrazone groups is 1. The van der Waals surface area contributed by atoms with Crippen LogP contribution in [0.1, 0.15) is 43.1 Å². The number of methoxy groups -OCH3 is 1. The molecule has 0 bridgehead atoms. The summed E-state index contributed by atoms with van der Waals surface area (Å²) in [7, 11) is 1.49. The van der Waals surface area contributed by atoms with Crippen LogP contribution in [0.3, 0.4) is 0 Å². The molecule has 1 aromatic carbocycles. The van der Waals surface area contributed by atoms with Crippen molar-refractivity contribution in [2.24, 2.45) is 5.10 Å². The lowest BCUT2D eigenvalue weighted by Gasteiger charge is -2.23. The SMILES string of the molecule is CCn1cc2cc(C)c(NC(=O)C3CC(OC)=NN3c3ncccc3Cl)c(C(=O)NC(C)C)c2n1. The molecule has 0 saturated heterocycles. The van der Waals surface area contributed by atoms with Gasteiger partial charge in [0.15, 0.2) is 5.82 Å². The Morgan fingerprint density at radius 3 is 2.77 bits per heavy atom. The molecule has 3 aromatic rings. The van der Waals surface area contributed by atoms with Gasteiger partial charge in [-0.15, -0.1) is 5.10 Å². The minimum absolute atomic E-state index is 0.0934. The number of aromatic nitrogens is 3. The largest absolute Gasteiger partial charge is 0.483 e. The molecule has 2 aromatic heterocycles. The second-order valence-corrected chi connectivity index (χ2v) is 8.96. The summed E-state index contributed by atoms with van der Waals surface area (Å²) >= 11 is 6.34. The summed E-state index contributed by atoms with van der Waals surface area (Å²) in [5, 5.41) is 17.5. The van der Waals surface area contributed by atoms with Gasteiger partial charge in [-0.2, -0.15) is 5.10 Å². The number of fused-ring (bicyclic) bond motifs is 1. The van der Waals surface area contributed by atoms with Crippen LogP contribution in [-0.2, 0) is 16.1 Å². The van der Waals surface area contributed by atoms with E-state index in [1.54, 1.807) is 23.0 Å². The van der Waals surface area contributed by atoms with Crippen molar-refractivity contribution >= 4 is 51.7 Å². The molecule has 0 fully saturated rings. The average molecular weight is 498 g/mol. The van der Waals surface area contributed by atoms with E-state index in [-0.39, 0.29) is 24.3 Å². The lowest BCUT2D eigenvalue weighted by atomic mass is 10.0. The van der Waals surface area contributed by atoms with Crippen LogP contribution in [-0.4, -0.2) is 51.7 Å². The fourth-order valence-corrected chi connectivity index (χ4v) is 4.20. The Hall–Kier alpha value is -3.66. The quantitative estimate of drug-likeness (QED) is 0.536. The van der Waals surface area contributed by atoms with Gasteiger partial charge in [0.1, 0.15) is 11.6 Å². The van der Waals surface area contributed by atoms with Crippen molar-refractivity contribution in [3.05, 3.63) is 46.7 Å². The Balaban J connectivity index is 1.75. The Morgan fingerprint density at radius 2 is 2.11 bits per heavy atom. The fourth-order valence-electron chi connectivity index (χ4n) is 3.99. The van der Waals surface area contributed by atoms with Crippen molar-refractivity contribution in [2.75, 3.05) is 17.4 Å². The second kappa shape index (κ2) is 9.91. The van der Waals surface area contributed by atoms with Gasteiger partial charge < -0.3 is 15.4 Å². The number of aryl methyl sites for hydroxylation is 2. The van der Waals surface area contributed by atoms with Gasteiger partial charge in [0.25, 0.3) is 5.91 Å². The maximum atomic E-state index is 13.6. The number of pyridine rings is 1. The predicted molar refractivity (Wildman–Crippen MR) is 136 cm³/mol. The molecule has 2 N–H and O–H groups in total. The first-order valence-corrected chi connectivity index (χ1v) is 11.7. The van der Waals surface area contributed by atoms with Crippen LogP contribution in [0.5, 0.6) is 0 Å². The number of anilines is 2. The first kappa shape index (κ1) is 24.5. The number of hydrogen-bond acceptors (Lipinski definition) is 7. The van der Waals surface area contributed by atoms with E-state index in [9.17, 15) is 9.59 Å². The Bertz CT molecular complexity index is 1320. The van der Waals surface area contributed by atoms with Crippen LogP contribution in [0.2, 0.25) is 5.02 Å². The molecule has 3 heterocycles. The monoisotopic (exact) mass is 497 g/mol. The van der Waals surface area contributed by atoms with Crippen molar-refractivity contribution in [1.29, 1.82) is 0 Å². The zero-order chi connectivity index (χ0) is 25.3. The zero-order valence-corrected chi connectivity index (χ0v) is 21.1. The maximum Gasteiger partial charge on any atom is 0.255 e. The van der Waals surface area contributed by atoms with E-state index in [4.69, 9.17) is 16.3 Å². The molecule has 0 radical (unpaired) electrons. The number of nitrogens with one attached hydrogen (secondary N) is 2. The van der Waals surface area contributed by atoms with E-state index in [0.717, 1.165) is 10.9 Å². The van der Waals surface area contributed by atoms with Gasteiger partial charge in [0, 0.05) is 30.4 Å². The van der Waals surface area contributed by atoms with Gasteiger partial charge in [0.2, 0.25) is 11.8 Å². The van der Waals surface area contributed by atoms with Crippen LogP contribution in [0.25, 0.3) is 10.9 Å². The first-order chi connectivity index (χ1) is 16.7. The molecule has 1 aliphatic rings. The molecule has 1 aliphatic heterocycles. The lowest BCUT2D eigenvalue weighted by Crippen LogP contribution is -2.40. The molecule has 1 unspecified atom stereocenters. The van der Waals surface area contributed by atoms with E-state index in [0.29, 0.717) is 40.1 Å². The van der Waals surface area contributed by atoms with Crippen LogP contribution in [0.4, 0.5) is 11.5 Å². The summed E-state index contributed by atoms with van der Waals surface area (Å²) in [6, 6.07) is 4.42. The van der Waals surface area contributed by atoms with Crippen molar-refractivity contribution in [2.45, 2.75) is 52.7 Å². The molecule has 35 heavy (non-hydrogen) atoms. The number of amides is 2. The van der Waals surface area contributed by atoms with Crippen LogP contribution >= 0.6 is 11.6 Å². The van der Waals surface area contributed by atoms with Crippen molar-refractivity contribution < 1.29 is 14.3 Å². The van der Waals surface area contributed by atoms with Gasteiger partial charge in [-0.1, -0.05) is 11.6 Å². The summed E-state index contributed by atoms with van der Waals surface area (Å²) in [5.74, 6) is 0.0280. The van der Waals surface area contributed by atoms with Gasteiger partial charge in [-0.3, -0.25) is 14.3 Å². The summed E-state index contributed by atoms with van der Waals surface area (Å²) in [4.78, 5) is 31.2. The molecule has 10 nitrogen and oxygen atoms in total. The highest BCUT2D eigenvalue weighted by Crippen LogP contribution is 2.33. The normalized spacial score (nSPS) is 15.5. The third-order valence-electron chi connectivity index (χ3n) is 5.64. The number of ether oxygens (including phenoxy) is 1. The van der Waals surface area contributed by atoms with E-state index in [1.165, 1.54) is 12.1 Å². The molecular formula is C24H28ClN7O3. The molecule has 1 atom stereocenters. The van der Waals surface area contributed by atoms with E-state index in [1.807, 2.05) is 40.0 Å².